The zero-order valence-electron chi connectivity index (χ0n) is 19.5. The van der Waals surface area contributed by atoms with Crippen LogP contribution in [0.4, 0.5) is 24.5 Å². The number of benzene rings is 1. The van der Waals surface area contributed by atoms with Gasteiger partial charge in [0.25, 0.3) is 0 Å². The molecule has 7 nitrogen and oxygen atoms in total. The summed E-state index contributed by atoms with van der Waals surface area (Å²) < 4.78 is 49.6. The Hall–Kier alpha value is -4.00. The van der Waals surface area contributed by atoms with E-state index < -0.39 is 18.2 Å². The van der Waals surface area contributed by atoms with Gasteiger partial charge in [0.2, 0.25) is 0 Å². The van der Waals surface area contributed by atoms with Crippen molar-refractivity contribution in [3.8, 4) is 17.6 Å². The van der Waals surface area contributed by atoms with Gasteiger partial charge in [-0.1, -0.05) is 12.7 Å². The van der Waals surface area contributed by atoms with E-state index in [1.54, 1.807) is 31.5 Å². The summed E-state index contributed by atoms with van der Waals surface area (Å²) in [5.74, 6) is -0.333. The minimum atomic E-state index is -3.12. The number of hydrogen-bond donors (Lipinski definition) is 0. The third-order valence-corrected chi connectivity index (χ3v) is 5.64. The van der Waals surface area contributed by atoms with Crippen molar-refractivity contribution in [2.24, 2.45) is 4.99 Å². The molecule has 1 aromatic heterocycles. The fourth-order valence-electron chi connectivity index (χ4n) is 3.88. The molecule has 0 atom stereocenters. The molecule has 1 saturated heterocycles. The summed E-state index contributed by atoms with van der Waals surface area (Å²) in [7, 11) is 1.53. The first-order valence-corrected chi connectivity index (χ1v) is 10.9. The first-order chi connectivity index (χ1) is 16.9. The highest BCUT2D eigenvalue weighted by molar-refractivity contribution is 5.84. The predicted octanol–water partition coefficient (Wildman–Crippen LogP) is 5.45. The van der Waals surface area contributed by atoms with Gasteiger partial charge in [-0.3, -0.25) is 4.98 Å². The lowest BCUT2D eigenvalue weighted by molar-refractivity contribution is -0.0521. The molecule has 0 radical (unpaired) electrons. The van der Waals surface area contributed by atoms with Crippen molar-refractivity contribution in [2.45, 2.75) is 32.4 Å². The minimum Gasteiger partial charge on any atom is -0.494 e. The lowest BCUT2D eigenvalue weighted by Gasteiger charge is -2.40. The van der Waals surface area contributed by atoms with Gasteiger partial charge < -0.3 is 19.3 Å². The zero-order valence-corrected chi connectivity index (χ0v) is 19.5. The number of anilines is 2. The monoisotopic (exact) mass is 485 g/mol. The number of rotatable bonds is 9. The summed E-state index contributed by atoms with van der Waals surface area (Å²) in [6, 6.07) is 7.55. The Balaban J connectivity index is 1.86. The standard InChI is InChI=1S/C25H26F3N5O2/c1-4-18(14-29)15-31-17(2)32-11-8-19(9-12-32)33(22-16-30-10-7-24(22)34-3)20-5-6-23(21(26)13-20)35-25(27)28/h4-7,10,13,15-16,19,25H,2,8-9,11-12H2,1,3H3/b18-4-,31-15-. The molecule has 2 aromatic rings. The maximum Gasteiger partial charge on any atom is 0.387 e. The van der Waals surface area contributed by atoms with Crippen LogP contribution in [-0.4, -0.2) is 49.0 Å². The van der Waals surface area contributed by atoms with Gasteiger partial charge in [0.1, 0.15) is 23.3 Å². The smallest absolute Gasteiger partial charge is 0.387 e. The Kier molecular flexibility index (Phi) is 8.73. The van der Waals surface area contributed by atoms with Gasteiger partial charge in [-0.05, 0) is 31.9 Å². The number of aromatic nitrogens is 1. The number of likely N-dealkylation sites (tertiary alicyclic amines) is 1. The fraction of sp³-hybridized carbons (Fsp3) is 0.320. The molecular weight excluding hydrogens is 459 g/mol. The second-order valence-corrected chi connectivity index (χ2v) is 7.66. The molecule has 10 heteroatoms. The number of piperidine rings is 1. The lowest BCUT2D eigenvalue weighted by atomic mass is 10.0. The SMILES string of the molecule is C=C(/N=C\C(C#N)=C/C)N1CCC(N(c2ccc(OC(F)F)c(F)c2)c2cnccc2OC)CC1. The van der Waals surface area contributed by atoms with Crippen LogP contribution in [0.2, 0.25) is 0 Å². The Morgan fingerprint density at radius 2 is 2.06 bits per heavy atom. The molecule has 1 aliphatic heterocycles. The summed E-state index contributed by atoms with van der Waals surface area (Å²) in [6.45, 7) is 3.87. The third-order valence-electron chi connectivity index (χ3n) is 5.64. The average molecular weight is 486 g/mol. The number of halogens is 3. The molecule has 0 saturated carbocycles. The van der Waals surface area contributed by atoms with E-state index in [1.165, 1.54) is 31.5 Å². The molecule has 0 spiro atoms. The first-order valence-electron chi connectivity index (χ1n) is 10.9. The number of aliphatic imine (C=N–C) groups is 1. The van der Waals surface area contributed by atoms with Crippen LogP contribution >= 0.6 is 0 Å². The molecule has 3 rings (SSSR count). The molecule has 1 aliphatic rings. The zero-order chi connectivity index (χ0) is 25.4. The van der Waals surface area contributed by atoms with Crippen molar-refractivity contribution in [3.05, 3.63) is 66.5 Å². The molecular formula is C25H26F3N5O2. The van der Waals surface area contributed by atoms with E-state index in [2.05, 4.69) is 21.3 Å². The molecule has 0 aliphatic carbocycles. The number of methoxy groups -OCH3 is 1. The van der Waals surface area contributed by atoms with E-state index in [0.29, 0.717) is 54.4 Å². The third kappa shape index (κ3) is 6.32. The summed E-state index contributed by atoms with van der Waals surface area (Å²) in [5.41, 5.74) is 1.52. The molecule has 1 aromatic carbocycles. The number of nitrogens with zero attached hydrogens (tertiary/aromatic N) is 5. The summed E-state index contributed by atoms with van der Waals surface area (Å²) in [6.07, 6.45) is 7.68. The van der Waals surface area contributed by atoms with E-state index in [-0.39, 0.29) is 6.04 Å². The normalized spacial score (nSPS) is 14.8. The maximum absolute atomic E-state index is 14.6. The highest BCUT2D eigenvalue weighted by atomic mass is 19.3. The number of ether oxygens (including phenoxy) is 2. The van der Waals surface area contributed by atoms with Crippen molar-refractivity contribution < 1.29 is 22.6 Å². The molecule has 2 heterocycles. The first kappa shape index (κ1) is 25.6. The van der Waals surface area contributed by atoms with Crippen LogP contribution in [0.5, 0.6) is 11.5 Å². The Morgan fingerprint density at radius 3 is 2.66 bits per heavy atom. The second kappa shape index (κ2) is 11.9. The molecule has 0 amide bonds. The maximum atomic E-state index is 14.6. The van der Waals surface area contributed by atoms with Gasteiger partial charge in [-0.2, -0.15) is 14.0 Å². The van der Waals surface area contributed by atoms with Gasteiger partial charge in [0.05, 0.1) is 18.9 Å². The summed E-state index contributed by atoms with van der Waals surface area (Å²) >= 11 is 0. The van der Waals surface area contributed by atoms with Crippen LogP contribution in [0.3, 0.4) is 0 Å². The van der Waals surface area contributed by atoms with Gasteiger partial charge >= 0.3 is 6.61 Å². The van der Waals surface area contributed by atoms with Crippen LogP contribution in [0.1, 0.15) is 19.8 Å². The molecule has 1 fully saturated rings. The van der Waals surface area contributed by atoms with E-state index in [9.17, 15) is 13.2 Å². The number of alkyl halides is 2. The minimum absolute atomic E-state index is 0.0763. The van der Waals surface area contributed by atoms with Crippen LogP contribution < -0.4 is 14.4 Å². The van der Waals surface area contributed by atoms with Crippen molar-refractivity contribution >= 4 is 17.6 Å². The summed E-state index contributed by atoms with van der Waals surface area (Å²) in [4.78, 5) is 12.4. The van der Waals surface area contributed by atoms with Crippen LogP contribution in [0.25, 0.3) is 0 Å². The van der Waals surface area contributed by atoms with E-state index in [0.717, 1.165) is 0 Å². The van der Waals surface area contributed by atoms with Crippen molar-refractivity contribution in [2.75, 3.05) is 25.1 Å². The Morgan fingerprint density at radius 1 is 1.31 bits per heavy atom. The fourth-order valence-corrected chi connectivity index (χ4v) is 3.88. The van der Waals surface area contributed by atoms with Crippen LogP contribution in [-0.2, 0) is 0 Å². The Labute approximate surface area is 202 Å². The van der Waals surface area contributed by atoms with Crippen molar-refractivity contribution in [1.29, 1.82) is 5.26 Å². The highest BCUT2D eigenvalue weighted by Gasteiger charge is 2.29. The van der Waals surface area contributed by atoms with E-state index >= 15 is 0 Å². The van der Waals surface area contributed by atoms with E-state index in [4.69, 9.17) is 10.00 Å². The second-order valence-electron chi connectivity index (χ2n) is 7.66. The topological polar surface area (TPSA) is 74.0 Å². The molecule has 0 N–H and O–H groups in total. The number of allylic oxidation sites excluding steroid dienone is 2. The number of hydrogen-bond acceptors (Lipinski definition) is 7. The molecule has 0 bridgehead atoms. The van der Waals surface area contributed by atoms with Crippen molar-refractivity contribution in [1.82, 2.24) is 9.88 Å². The Bertz CT molecular complexity index is 1140. The van der Waals surface area contributed by atoms with Crippen molar-refractivity contribution in [3.63, 3.8) is 0 Å². The van der Waals surface area contributed by atoms with E-state index in [1.807, 2.05) is 15.9 Å². The summed E-state index contributed by atoms with van der Waals surface area (Å²) in [5, 5.41) is 9.04. The van der Waals surface area contributed by atoms with Crippen LogP contribution in [0.15, 0.2) is 65.7 Å². The van der Waals surface area contributed by atoms with Gasteiger partial charge in [0.15, 0.2) is 11.6 Å². The quantitative estimate of drug-likeness (QED) is 0.348. The number of pyridine rings is 1. The molecule has 184 valence electrons. The van der Waals surface area contributed by atoms with Gasteiger partial charge in [-0.15, -0.1) is 0 Å². The highest BCUT2D eigenvalue weighted by Crippen LogP contribution is 2.39. The largest absolute Gasteiger partial charge is 0.494 e. The van der Waals surface area contributed by atoms with Gasteiger partial charge in [0, 0.05) is 49.4 Å². The molecule has 0 unspecified atom stereocenters. The van der Waals surface area contributed by atoms with Gasteiger partial charge in [-0.25, -0.2) is 9.38 Å². The predicted molar refractivity (Wildman–Crippen MR) is 128 cm³/mol. The lowest BCUT2D eigenvalue weighted by Crippen LogP contribution is -2.42. The average Bonchev–Trinajstić information content (AvgIpc) is 2.86. The van der Waals surface area contributed by atoms with Crippen LogP contribution in [0, 0.1) is 17.1 Å². The molecule has 35 heavy (non-hydrogen) atoms. The number of nitriles is 1.